The minimum atomic E-state index is -3.53. The summed E-state index contributed by atoms with van der Waals surface area (Å²) >= 11 is 0. The summed E-state index contributed by atoms with van der Waals surface area (Å²) in [6, 6.07) is 0. The van der Waals surface area contributed by atoms with Gasteiger partial charge in [-0.05, 0) is 50.6 Å². The average Bonchev–Trinajstić information content (AvgIpc) is 2.48. The highest BCUT2D eigenvalue weighted by molar-refractivity contribution is 4.81. The van der Waals surface area contributed by atoms with Crippen molar-refractivity contribution in [3.05, 3.63) is 0 Å². The largest absolute Gasteiger partial charge is 0.349 e. The van der Waals surface area contributed by atoms with Crippen molar-refractivity contribution in [2.45, 2.75) is 56.8 Å². The molecule has 0 amide bonds. The summed E-state index contributed by atoms with van der Waals surface area (Å²) in [6.07, 6.45) is 7.66. The number of nitrogens with one attached hydrogen (secondary N) is 1. The molecule has 0 aromatic rings. The van der Waals surface area contributed by atoms with Crippen molar-refractivity contribution in [3.63, 3.8) is 0 Å². The monoisotopic (exact) mass is 318 g/mol. The molecule has 7 nitrogen and oxygen atoms in total. The number of hydrogen-bond donors (Lipinski definition) is 6. The standard InChI is InChI=1S/C15H30N2O5/c18-14(19,15(20,21)22)17-10-6-13(7-11-17)3-1-2-12-4-8-16-9-5-12/h12-13,16,18-22H,1-11H2. The van der Waals surface area contributed by atoms with Crippen LogP contribution in [0.25, 0.3) is 0 Å². The fourth-order valence-corrected chi connectivity index (χ4v) is 3.61. The minimum Gasteiger partial charge on any atom is -0.347 e. The Kier molecular flexibility index (Phi) is 6.18. The lowest BCUT2D eigenvalue weighted by Crippen LogP contribution is -2.66. The van der Waals surface area contributed by atoms with Crippen LogP contribution in [0, 0.1) is 11.8 Å². The van der Waals surface area contributed by atoms with E-state index in [1.807, 2.05) is 0 Å². The SMILES string of the molecule is OC(O)(O)C(O)(O)N1CCC(CCCC2CCNCC2)CC1. The van der Waals surface area contributed by atoms with Gasteiger partial charge in [-0.15, -0.1) is 0 Å². The second-order valence-electron chi connectivity index (χ2n) is 6.83. The first-order valence-electron chi connectivity index (χ1n) is 8.38. The lowest BCUT2D eigenvalue weighted by atomic mass is 9.87. The third-order valence-corrected chi connectivity index (χ3v) is 5.19. The fraction of sp³-hybridized carbons (Fsp3) is 1.00. The third-order valence-electron chi connectivity index (χ3n) is 5.19. The van der Waals surface area contributed by atoms with Crippen molar-refractivity contribution in [2.75, 3.05) is 26.2 Å². The number of likely N-dealkylation sites (tertiary alicyclic amines) is 1. The second-order valence-corrected chi connectivity index (χ2v) is 6.83. The van der Waals surface area contributed by atoms with E-state index in [1.54, 1.807) is 0 Å². The zero-order valence-electron chi connectivity index (χ0n) is 13.1. The summed E-state index contributed by atoms with van der Waals surface area (Å²) in [4.78, 5) is 1.11. The minimum absolute atomic E-state index is 0.328. The highest BCUT2D eigenvalue weighted by Crippen LogP contribution is 2.30. The predicted octanol–water partition coefficient (Wildman–Crippen LogP) is -0.863. The van der Waals surface area contributed by atoms with E-state index >= 15 is 0 Å². The molecule has 0 spiro atoms. The maximum Gasteiger partial charge on any atom is 0.349 e. The molecule has 2 aliphatic heterocycles. The summed E-state index contributed by atoms with van der Waals surface area (Å²) in [7, 11) is 0. The van der Waals surface area contributed by atoms with Crippen LogP contribution >= 0.6 is 0 Å². The molecule has 6 N–H and O–H groups in total. The summed E-state index contributed by atoms with van der Waals surface area (Å²) in [6.45, 7) is 2.91. The number of piperidine rings is 2. The molecule has 2 heterocycles. The maximum atomic E-state index is 9.63. The van der Waals surface area contributed by atoms with Gasteiger partial charge in [-0.1, -0.05) is 19.3 Å². The van der Waals surface area contributed by atoms with E-state index in [0.717, 1.165) is 43.2 Å². The molecule has 0 aliphatic carbocycles. The molecule has 0 aromatic heterocycles. The Bertz CT molecular complexity index is 331. The topological polar surface area (TPSA) is 116 Å². The van der Waals surface area contributed by atoms with E-state index in [2.05, 4.69) is 5.32 Å². The van der Waals surface area contributed by atoms with Gasteiger partial charge in [-0.2, -0.15) is 0 Å². The zero-order chi connectivity index (χ0) is 16.2. The predicted molar refractivity (Wildman–Crippen MR) is 80.3 cm³/mol. The summed E-state index contributed by atoms with van der Waals surface area (Å²) < 4.78 is 0. The average molecular weight is 318 g/mol. The molecular weight excluding hydrogens is 288 g/mol. The van der Waals surface area contributed by atoms with Gasteiger partial charge < -0.3 is 30.8 Å². The third kappa shape index (κ3) is 4.61. The van der Waals surface area contributed by atoms with Crippen LogP contribution in [0.3, 0.4) is 0 Å². The van der Waals surface area contributed by atoms with Crippen LogP contribution in [0.5, 0.6) is 0 Å². The Morgan fingerprint density at radius 2 is 1.32 bits per heavy atom. The Morgan fingerprint density at radius 1 is 0.818 bits per heavy atom. The highest BCUT2D eigenvalue weighted by atomic mass is 16.7. The normalized spacial score (nSPS) is 23.9. The molecule has 0 atom stereocenters. The molecule has 2 fully saturated rings. The molecular formula is C15H30N2O5. The highest BCUT2D eigenvalue weighted by Gasteiger charge is 2.52. The first-order valence-corrected chi connectivity index (χ1v) is 8.38. The van der Waals surface area contributed by atoms with E-state index in [0.29, 0.717) is 19.0 Å². The molecule has 0 bridgehead atoms. The molecule has 2 rings (SSSR count). The quantitative estimate of drug-likeness (QED) is 0.353. The van der Waals surface area contributed by atoms with Gasteiger partial charge in [0.25, 0.3) is 0 Å². The molecule has 0 saturated carbocycles. The maximum absolute atomic E-state index is 9.63. The number of rotatable bonds is 6. The van der Waals surface area contributed by atoms with Gasteiger partial charge in [0.05, 0.1) is 0 Å². The van der Waals surface area contributed by atoms with Crippen LogP contribution < -0.4 is 5.32 Å². The van der Waals surface area contributed by atoms with E-state index < -0.39 is 11.9 Å². The summed E-state index contributed by atoms with van der Waals surface area (Å²) in [5.74, 6) is -5.19. The molecule has 2 saturated heterocycles. The Hall–Kier alpha value is -0.280. The van der Waals surface area contributed by atoms with Gasteiger partial charge in [-0.3, -0.25) is 0 Å². The van der Waals surface area contributed by atoms with Crippen molar-refractivity contribution >= 4 is 0 Å². The van der Waals surface area contributed by atoms with E-state index in [9.17, 15) is 10.2 Å². The molecule has 0 radical (unpaired) electrons. The van der Waals surface area contributed by atoms with Crippen molar-refractivity contribution < 1.29 is 25.5 Å². The number of aliphatic hydroxyl groups is 5. The van der Waals surface area contributed by atoms with Crippen LogP contribution in [0.2, 0.25) is 0 Å². The lowest BCUT2D eigenvalue weighted by Gasteiger charge is -2.42. The summed E-state index contributed by atoms with van der Waals surface area (Å²) in [5.41, 5.74) is 0. The second kappa shape index (κ2) is 7.53. The van der Waals surface area contributed by atoms with Gasteiger partial charge in [0.2, 0.25) is 0 Å². The Morgan fingerprint density at radius 3 is 1.82 bits per heavy atom. The van der Waals surface area contributed by atoms with Gasteiger partial charge in [0.15, 0.2) is 0 Å². The molecule has 2 aliphatic rings. The van der Waals surface area contributed by atoms with Gasteiger partial charge in [0, 0.05) is 13.1 Å². The first kappa shape index (κ1) is 18.1. The van der Waals surface area contributed by atoms with Crippen LogP contribution in [0.4, 0.5) is 0 Å². The van der Waals surface area contributed by atoms with Gasteiger partial charge >= 0.3 is 11.9 Å². The van der Waals surface area contributed by atoms with Crippen molar-refractivity contribution in [1.29, 1.82) is 0 Å². The zero-order valence-corrected chi connectivity index (χ0v) is 13.1. The molecule has 0 aromatic carbocycles. The van der Waals surface area contributed by atoms with E-state index in [-0.39, 0.29) is 0 Å². The number of nitrogens with zero attached hydrogens (tertiary/aromatic N) is 1. The van der Waals surface area contributed by atoms with Crippen molar-refractivity contribution in [3.8, 4) is 0 Å². The van der Waals surface area contributed by atoms with Gasteiger partial charge in [-0.25, -0.2) is 4.90 Å². The van der Waals surface area contributed by atoms with Gasteiger partial charge in [0.1, 0.15) is 0 Å². The van der Waals surface area contributed by atoms with Crippen LogP contribution in [0.1, 0.15) is 44.9 Å². The Labute approximate surface area is 131 Å². The molecule has 7 heteroatoms. The van der Waals surface area contributed by atoms with E-state index in [4.69, 9.17) is 15.3 Å². The fourth-order valence-electron chi connectivity index (χ4n) is 3.61. The van der Waals surface area contributed by atoms with Crippen LogP contribution in [-0.4, -0.2) is 68.5 Å². The number of hydrogen-bond acceptors (Lipinski definition) is 7. The smallest absolute Gasteiger partial charge is 0.347 e. The van der Waals surface area contributed by atoms with Crippen LogP contribution in [0.15, 0.2) is 0 Å². The summed E-state index contributed by atoms with van der Waals surface area (Å²) in [5, 5.41) is 49.7. The Balaban J connectivity index is 1.66. The molecule has 0 unspecified atom stereocenters. The molecule has 130 valence electrons. The van der Waals surface area contributed by atoms with Crippen molar-refractivity contribution in [2.24, 2.45) is 11.8 Å². The lowest BCUT2D eigenvalue weighted by molar-refractivity contribution is -0.487. The first-order chi connectivity index (χ1) is 10.3. The van der Waals surface area contributed by atoms with Crippen LogP contribution in [-0.2, 0) is 0 Å². The van der Waals surface area contributed by atoms with E-state index in [1.165, 1.54) is 25.7 Å². The van der Waals surface area contributed by atoms with Crippen molar-refractivity contribution in [1.82, 2.24) is 10.2 Å². The molecule has 22 heavy (non-hydrogen) atoms.